The highest BCUT2D eigenvalue weighted by molar-refractivity contribution is 5.46. The Balaban J connectivity index is 1.76. The molecule has 2 aromatic rings. The molecule has 0 spiro atoms. The minimum atomic E-state index is -0.255. The van der Waals surface area contributed by atoms with Gasteiger partial charge in [0, 0.05) is 23.7 Å². The normalized spacial score (nSPS) is 13.9. The molecule has 2 aromatic carbocycles. The van der Waals surface area contributed by atoms with Crippen LogP contribution in [0, 0.1) is 5.82 Å². The SMILES string of the molecule is COc1cccc(CNC2CC2)c1OCc1ccccc1F. The molecule has 0 heterocycles. The molecule has 3 nitrogen and oxygen atoms in total. The van der Waals surface area contributed by atoms with Crippen molar-refractivity contribution in [3.63, 3.8) is 0 Å². The average Bonchev–Trinajstić information content (AvgIpc) is 3.36. The van der Waals surface area contributed by atoms with Crippen LogP contribution in [0.2, 0.25) is 0 Å². The third-order valence-electron chi connectivity index (χ3n) is 3.77. The number of hydrogen-bond donors (Lipinski definition) is 1. The summed E-state index contributed by atoms with van der Waals surface area (Å²) in [5.41, 5.74) is 1.57. The summed E-state index contributed by atoms with van der Waals surface area (Å²) in [5.74, 6) is 1.10. The van der Waals surface area contributed by atoms with Crippen molar-refractivity contribution in [1.29, 1.82) is 0 Å². The molecule has 0 saturated heterocycles. The van der Waals surface area contributed by atoms with Crippen molar-refractivity contribution in [3.05, 3.63) is 59.4 Å². The van der Waals surface area contributed by atoms with E-state index in [1.807, 2.05) is 18.2 Å². The van der Waals surface area contributed by atoms with Crippen LogP contribution in [0.1, 0.15) is 24.0 Å². The summed E-state index contributed by atoms with van der Waals surface area (Å²) >= 11 is 0. The number of halogens is 1. The summed E-state index contributed by atoms with van der Waals surface area (Å²) in [5, 5.41) is 3.46. The van der Waals surface area contributed by atoms with Gasteiger partial charge >= 0.3 is 0 Å². The van der Waals surface area contributed by atoms with E-state index in [9.17, 15) is 4.39 Å². The highest BCUT2D eigenvalue weighted by Gasteiger charge is 2.21. The van der Waals surface area contributed by atoms with Crippen LogP contribution in [0.25, 0.3) is 0 Å². The molecule has 0 aliphatic heterocycles. The Labute approximate surface area is 130 Å². The van der Waals surface area contributed by atoms with Crippen molar-refractivity contribution in [2.24, 2.45) is 0 Å². The Kier molecular flexibility index (Phi) is 4.59. The molecule has 1 fully saturated rings. The standard InChI is InChI=1S/C18H20FNO2/c1-21-17-8-4-6-13(11-20-15-9-10-15)18(17)22-12-14-5-2-3-7-16(14)19/h2-8,15,20H,9-12H2,1H3. The van der Waals surface area contributed by atoms with Gasteiger partial charge in [0.15, 0.2) is 11.5 Å². The fourth-order valence-electron chi connectivity index (χ4n) is 2.33. The van der Waals surface area contributed by atoms with Crippen molar-refractivity contribution in [3.8, 4) is 11.5 Å². The molecule has 0 bridgehead atoms. The van der Waals surface area contributed by atoms with E-state index >= 15 is 0 Å². The molecule has 0 atom stereocenters. The molecule has 0 aromatic heterocycles. The predicted molar refractivity (Wildman–Crippen MR) is 83.6 cm³/mol. The lowest BCUT2D eigenvalue weighted by atomic mass is 10.1. The lowest BCUT2D eigenvalue weighted by Gasteiger charge is -2.16. The van der Waals surface area contributed by atoms with Crippen LogP contribution in [0.15, 0.2) is 42.5 Å². The van der Waals surface area contributed by atoms with Crippen LogP contribution in [-0.4, -0.2) is 13.2 Å². The minimum absolute atomic E-state index is 0.184. The summed E-state index contributed by atoms with van der Waals surface area (Å²) in [6, 6.07) is 13.1. The highest BCUT2D eigenvalue weighted by atomic mass is 19.1. The molecule has 1 aliphatic rings. The first-order chi connectivity index (χ1) is 10.8. The maximum atomic E-state index is 13.7. The van der Waals surface area contributed by atoms with Gasteiger partial charge in [-0.1, -0.05) is 30.3 Å². The van der Waals surface area contributed by atoms with Gasteiger partial charge in [0.1, 0.15) is 12.4 Å². The van der Waals surface area contributed by atoms with Crippen molar-refractivity contribution >= 4 is 0 Å². The van der Waals surface area contributed by atoms with Crippen molar-refractivity contribution in [2.75, 3.05) is 7.11 Å². The number of methoxy groups -OCH3 is 1. The molecule has 116 valence electrons. The zero-order valence-electron chi connectivity index (χ0n) is 12.6. The molecule has 1 N–H and O–H groups in total. The number of hydrogen-bond acceptors (Lipinski definition) is 3. The molecule has 0 radical (unpaired) electrons. The monoisotopic (exact) mass is 301 g/mol. The summed E-state index contributed by atoms with van der Waals surface area (Å²) in [6.45, 7) is 0.915. The number of nitrogens with one attached hydrogen (secondary N) is 1. The van der Waals surface area contributed by atoms with Gasteiger partial charge in [-0.2, -0.15) is 0 Å². The van der Waals surface area contributed by atoms with Crippen LogP contribution >= 0.6 is 0 Å². The lowest BCUT2D eigenvalue weighted by Crippen LogP contribution is -2.16. The second-order valence-corrected chi connectivity index (χ2v) is 5.48. The number of ether oxygens (including phenoxy) is 2. The predicted octanol–water partition coefficient (Wildman–Crippen LogP) is 3.67. The molecule has 0 unspecified atom stereocenters. The largest absolute Gasteiger partial charge is 0.493 e. The van der Waals surface area contributed by atoms with Crippen LogP contribution < -0.4 is 14.8 Å². The zero-order valence-corrected chi connectivity index (χ0v) is 12.6. The van der Waals surface area contributed by atoms with Gasteiger partial charge < -0.3 is 14.8 Å². The van der Waals surface area contributed by atoms with Gasteiger partial charge in [-0.3, -0.25) is 0 Å². The zero-order chi connectivity index (χ0) is 15.4. The maximum Gasteiger partial charge on any atom is 0.166 e. The van der Waals surface area contributed by atoms with Crippen molar-refractivity contribution in [1.82, 2.24) is 5.32 Å². The smallest absolute Gasteiger partial charge is 0.166 e. The fraction of sp³-hybridized carbons (Fsp3) is 0.333. The molecule has 0 amide bonds. The first-order valence-electron chi connectivity index (χ1n) is 7.53. The average molecular weight is 301 g/mol. The molecule has 4 heteroatoms. The van der Waals surface area contributed by atoms with Gasteiger partial charge in [0.2, 0.25) is 0 Å². The van der Waals surface area contributed by atoms with E-state index in [1.165, 1.54) is 18.9 Å². The van der Waals surface area contributed by atoms with Crippen molar-refractivity contribution in [2.45, 2.75) is 32.0 Å². The summed E-state index contributed by atoms with van der Waals surface area (Å²) in [6.07, 6.45) is 2.46. The van der Waals surface area contributed by atoms with E-state index in [0.29, 0.717) is 23.1 Å². The Hall–Kier alpha value is -2.07. The minimum Gasteiger partial charge on any atom is -0.493 e. The third kappa shape index (κ3) is 3.57. The van der Waals surface area contributed by atoms with E-state index in [0.717, 1.165) is 12.1 Å². The fourth-order valence-corrected chi connectivity index (χ4v) is 2.33. The second kappa shape index (κ2) is 6.79. The Morgan fingerprint density at radius 1 is 1.09 bits per heavy atom. The first-order valence-corrected chi connectivity index (χ1v) is 7.53. The molecular weight excluding hydrogens is 281 g/mol. The van der Waals surface area contributed by atoms with E-state index in [2.05, 4.69) is 5.32 Å². The maximum absolute atomic E-state index is 13.7. The van der Waals surface area contributed by atoms with Gasteiger partial charge in [-0.15, -0.1) is 0 Å². The van der Waals surface area contributed by atoms with Crippen LogP contribution in [0.3, 0.4) is 0 Å². The van der Waals surface area contributed by atoms with E-state index in [-0.39, 0.29) is 12.4 Å². The van der Waals surface area contributed by atoms with Gasteiger partial charge in [0.05, 0.1) is 7.11 Å². The first kappa shape index (κ1) is 14.9. The van der Waals surface area contributed by atoms with Crippen LogP contribution in [-0.2, 0) is 13.2 Å². The molecular formula is C18H20FNO2. The molecule has 22 heavy (non-hydrogen) atoms. The van der Waals surface area contributed by atoms with Gasteiger partial charge in [0.25, 0.3) is 0 Å². The summed E-state index contributed by atoms with van der Waals surface area (Å²) in [4.78, 5) is 0. The lowest BCUT2D eigenvalue weighted by molar-refractivity contribution is 0.276. The second-order valence-electron chi connectivity index (χ2n) is 5.48. The molecule has 1 saturated carbocycles. The van der Waals surface area contributed by atoms with E-state index in [4.69, 9.17) is 9.47 Å². The van der Waals surface area contributed by atoms with Gasteiger partial charge in [-0.05, 0) is 25.0 Å². The topological polar surface area (TPSA) is 30.5 Å². The Morgan fingerprint density at radius 3 is 2.59 bits per heavy atom. The summed E-state index contributed by atoms with van der Waals surface area (Å²) < 4.78 is 25.0. The van der Waals surface area contributed by atoms with E-state index < -0.39 is 0 Å². The molecule has 3 rings (SSSR count). The number of benzene rings is 2. The van der Waals surface area contributed by atoms with Gasteiger partial charge in [-0.25, -0.2) is 4.39 Å². The van der Waals surface area contributed by atoms with Crippen LogP contribution in [0.5, 0.6) is 11.5 Å². The Morgan fingerprint density at radius 2 is 1.86 bits per heavy atom. The van der Waals surface area contributed by atoms with Crippen molar-refractivity contribution < 1.29 is 13.9 Å². The Bertz CT molecular complexity index is 641. The quantitative estimate of drug-likeness (QED) is 0.846. The highest BCUT2D eigenvalue weighted by Crippen LogP contribution is 2.32. The number of rotatable bonds is 7. The summed E-state index contributed by atoms with van der Waals surface area (Å²) in [7, 11) is 1.61. The number of para-hydroxylation sites is 1. The molecule has 1 aliphatic carbocycles. The third-order valence-corrected chi connectivity index (χ3v) is 3.77. The van der Waals surface area contributed by atoms with E-state index in [1.54, 1.807) is 25.3 Å². The van der Waals surface area contributed by atoms with Crippen LogP contribution in [0.4, 0.5) is 4.39 Å².